The van der Waals surface area contributed by atoms with Gasteiger partial charge in [-0.1, -0.05) is 13.8 Å². The molecule has 0 amide bonds. The smallest absolute Gasteiger partial charge is 0.0525 e. The third-order valence-corrected chi connectivity index (χ3v) is 1.08. The molecule has 0 fully saturated rings. The zero-order chi connectivity index (χ0) is 5.98. The van der Waals surface area contributed by atoms with E-state index in [2.05, 4.69) is 24.0 Å². The molecule has 8 heavy (non-hydrogen) atoms. The Morgan fingerprint density at radius 2 is 2.38 bits per heavy atom. The number of hydrogen-bond donors (Lipinski definition) is 1. The Hall–Kier alpha value is -0.790. The van der Waals surface area contributed by atoms with Gasteiger partial charge in [0.2, 0.25) is 0 Å². The Labute approximate surface area is 48.9 Å². The van der Waals surface area contributed by atoms with E-state index in [0.29, 0.717) is 0 Å². The van der Waals surface area contributed by atoms with Crippen LogP contribution in [0.25, 0.3) is 0 Å². The van der Waals surface area contributed by atoms with Crippen LogP contribution in [0.2, 0.25) is 0 Å². The number of hydrogen-bond acceptors (Lipinski definition) is 1. The van der Waals surface area contributed by atoms with Crippen molar-refractivity contribution in [1.82, 2.24) is 10.2 Å². The predicted molar refractivity (Wildman–Crippen MR) is 32.3 cm³/mol. The molecule has 0 aromatic carbocycles. The summed E-state index contributed by atoms with van der Waals surface area (Å²) in [5.41, 5.74) is 1.19. The van der Waals surface area contributed by atoms with E-state index < -0.39 is 0 Å². The second-order valence-corrected chi connectivity index (χ2v) is 1.99. The Morgan fingerprint density at radius 3 is 2.62 bits per heavy atom. The molecule has 2 heteroatoms. The van der Waals surface area contributed by atoms with Crippen LogP contribution in [-0.2, 0) is 0 Å². The number of aromatic amines is 1. The highest BCUT2D eigenvalue weighted by Gasteiger charge is 1.96. The summed E-state index contributed by atoms with van der Waals surface area (Å²) in [5.74, 6) is 1.29. The predicted octanol–water partition coefficient (Wildman–Crippen LogP) is 1.37. The first-order valence-corrected chi connectivity index (χ1v) is 2.60. The van der Waals surface area contributed by atoms with Crippen molar-refractivity contribution in [3.63, 3.8) is 0 Å². The standard InChI is InChI=1S/C6H9N2/c1-5(2)6-3-7-8-4-6/h3-4H,1-2H3,(H,7,8). The van der Waals surface area contributed by atoms with Crippen molar-refractivity contribution in [2.24, 2.45) is 0 Å². The number of nitrogens with one attached hydrogen (secondary N) is 1. The van der Waals surface area contributed by atoms with Crippen LogP contribution in [0, 0.1) is 5.92 Å². The Morgan fingerprint density at radius 1 is 1.62 bits per heavy atom. The summed E-state index contributed by atoms with van der Waals surface area (Å²) in [4.78, 5) is 0. The third kappa shape index (κ3) is 0.886. The van der Waals surface area contributed by atoms with Crippen molar-refractivity contribution in [3.05, 3.63) is 23.9 Å². The fourth-order valence-electron chi connectivity index (χ4n) is 0.524. The summed E-state index contributed by atoms with van der Waals surface area (Å²) in [6.07, 6.45) is 3.70. The van der Waals surface area contributed by atoms with Gasteiger partial charge in [0.05, 0.1) is 6.20 Å². The first kappa shape index (κ1) is 5.35. The van der Waals surface area contributed by atoms with Gasteiger partial charge in [-0.15, -0.1) is 0 Å². The fraction of sp³-hybridized carbons (Fsp3) is 0.333. The average molecular weight is 109 g/mol. The molecule has 0 saturated carbocycles. The largest absolute Gasteiger partial charge is 0.285 e. The monoisotopic (exact) mass is 109 g/mol. The summed E-state index contributed by atoms with van der Waals surface area (Å²) in [5, 5.41) is 6.54. The van der Waals surface area contributed by atoms with Crippen LogP contribution in [0.5, 0.6) is 0 Å². The highest BCUT2D eigenvalue weighted by Crippen LogP contribution is 2.08. The first-order valence-electron chi connectivity index (χ1n) is 2.60. The van der Waals surface area contributed by atoms with Crippen molar-refractivity contribution in [3.8, 4) is 0 Å². The molecule has 0 atom stereocenters. The van der Waals surface area contributed by atoms with Gasteiger partial charge in [-0.25, -0.2) is 0 Å². The molecule has 0 saturated heterocycles. The Balaban J connectivity index is 2.77. The molecular weight excluding hydrogens is 100 g/mol. The average Bonchev–Trinajstić information content (AvgIpc) is 2.12. The van der Waals surface area contributed by atoms with Crippen LogP contribution in [0.1, 0.15) is 19.4 Å². The van der Waals surface area contributed by atoms with E-state index in [1.165, 1.54) is 11.5 Å². The number of H-pyrrole nitrogens is 1. The normalized spacial score (nSPS) is 10.4. The van der Waals surface area contributed by atoms with Gasteiger partial charge in [0, 0.05) is 12.1 Å². The lowest BCUT2D eigenvalue weighted by molar-refractivity contribution is 1.09. The van der Waals surface area contributed by atoms with E-state index in [4.69, 9.17) is 0 Å². The Bertz CT molecular complexity index is 142. The molecule has 2 nitrogen and oxygen atoms in total. The minimum Gasteiger partial charge on any atom is -0.285 e. The quantitative estimate of drug-likeness (QED) is 0.579. The summed E-state index contributed by atoms with van der Waals surface area (Å²) in [7, 11) is 0. The zero-order valence-electron chi connectivity index (χ0n) is 5.10. The molecule has 0 bridgehead atoms. The van der Waals surface area contributed by atoms with E-state index in [1.807, 2.05) is 12.4 Å². The molecule has 1 radical (unpaired) electrons. The van der Waals surface area contributed by atoms with Gasteiger partial charge < -0.3 is 0 Å². The summed E-state index contributed by atoms with van der Waals surface area (Å²) >= 11 is 0. The maximum absolute atomic E-state index is 3.80. The molecule has 0 aliphatic heterocycles. The van der Waals surface area contributed by atoms with Crippen molar-refractivity contribution in [1.29, 1.82) is 0 Å². The number of nitrogens with zero attached hydrogens (tertiary/aromatic N) is 1. The number of aromatic nitrogens is 2. The Kier molecular flexibility index (Phi) is 1.33. The van der Waals surface area contributed by atoms with Crippen LogP contribution < -0.4 is 0 Å². The van der Waals surface area contributed by atoms with Crippen LogP contribution in [0.3, 0.4) is 0 Å². The molecule has 1 rings (SSSR count). The van der Waals surface area contributed by atoms with E-state index in [9.17, 15) is 0 Å². The maximum atomic E-state index is 3.80. The minimum atomic E-state index is 1.19. The van der Waals surface area contributed by atoms with Gasteiger partial charge in [-0.3, -0.25) is 5.10 Å². The van der Waals surface area contributed by atoms with Crippen LogP contribution in [-0.4, -0.2) is 10.2 Å². The molecule has 1 heterocycles. The van der Waals surface area contributed by atoms with Crippen molar-refractivity contribution in [2.45, 2.75) is 13.8 Å². The molecule has 0 aliphatic carbocycles. The maximum Gasteiger partial charge on any atom is 0.0525 e. The first-order chi connectivity index (χ1) is 3.80. The van der Waals surface area contributed by atoms with Crippen LogP contribution in [0.15, 0.2) is 12.4 Å². The van der Waals surface area contributed by atoms with E-state index >= 15 is 0 Å². The summed E-state index contributed by atoms with van der Waals surface area (Å²) < 4.78 is 0. The van der Waals surface area contributed by atoms with Crippen LogP contribution >= 0.6 is 0 Å². The van der Waals surface area contributed by atoms with Crippen molar-refractivity contribution in [2.75, 3.05) is 0 Å². The van der Waals surface area contributed by atoms with Gasteiger partial charge >= 0.3 is 0 Å². The molecule has 1 N–H and O–H groups in total. The van der Waals surface area contributed by atoms with Crippen molar-refractivity contribution >= 4 is 0 Å². The van der Waals surface area contributed by atoms with Gasteiger partial charge in [0.1, 0.15) is 0 Å². The highest BCUT2D eigenvalue weighted by atomic mass is 15.1. The lowest BCUT2D eigenvalue weighted by Crippen LogP contribution is -1.81. The van der Waals surface area contributed by atoms with Crippen LogP contribution in [0.4, 0.5) is 0 Å². The molecule has 0 aliphatic rings. The summed E-state index contributed by atoms with van der Waals surface area (Å²) in [6, 6.07) is 0. The lowest BCUT2D eigenvalue weighted by Gasteiger charge is -1.93. The van der Waals surface area contributed by atoms with Gasteiger partial charge in [-0.05, 0) is 5.56 Å². The second kappa shape index (κ2) is 1.99. The van der Waals surface area contributed by atoms with Gasteiger partial charge in [0.25, 0.3) is 0 Å². The molecule has 0 unspecified atom stereocenters. The highest BCUT2D eigenvalue weighted by molar-refractivity contribution is 5.20. The van der Waals surface area contributed by atoms with Gasteiger partial charge in [-0.2, -0.15) is 5.10 Å². The molecule has 43 valence electrons. The fourth-order valence-corrected chi connectivity index (χ4v) is 0.524. The molecule has 0 spiro atoms. The lowest BCUT2D eigenvalue weighted by atomic mass is 10.1. The summed E-state index contributed by atoms with van der Waals surface area (Å²) in [6.45, 7) is 4.12. The topological polar surface area (TPSA) is 28.7 Å². The van der Waals surface area contributed by atoms with E-state index in [-0.39, 0.29) is 0 Å². The SMILES string of the molecule is C[C](C)c1cn[nH]c1. The zero-order valence-corrected chi connectivity index (χ0v) is 5.10. The third-order valence-electron chi connectivity index (χ3n) is 1.08. The molecular formula is C6H9N2. The van der Waals surface area contributed by atoms with E-state index in [1.54, 1.807) is 0 Å². The number of rotatable bonds is 1. The molecule has 1 aromatic heterocycles. The van der Waals surface area contributed by atoms with Gasteiger partial charge in [0.15, 0.2) is 0 Å². The molecule has 1 aromatic rings. The van der Waals surface area contributed by atoms with E-state index in [0.717, 1.165) is 0 Å². The van der Waals surface area contributed by atoms with Crippen molar-refractivity contribution < 1.29 is 0 Å². The minimum absolute atomic E-state index is 1.19. The second-order valence-electron chi connectivity index (χ2n) is 1.99.